The zero-order chi connectivity index (χ0) is 14.5. The number of rotatable bonds is 4. The van der Waals surface area contributed by atoms with Gasteiger partial charge < -0.3 is 15.4 Å². The molecule has 2 N–H and O–H groups in total. The highest BCUT2D eigenvalue weighted by Gasteiger charge is 2.20. The molecule has 0 saturated carbocycles. The Morgan fingerprint density at radius 3 is 2.75 bits per heavy atom. The van der Waals surface area contributed by atoms with E-state index in [0.29, 0.717) is 6.42 Å². The Kier molecular flexibility index (Phi) is 5.01. The highest BCUT2D eigenvalue weighted by molar-refractivity contribution is 5.79. The summed E-state index contributed by atoms with van der Waals surface area (Å²) in [5, 5.41) is 0. The van der Waals surface area contributed by atoms with Crippen molar-refractivity contribution in [3.8, 4) is 5.75 Å². The summed E-state index contributed by atoms with van der Waals surface area (Å²) in [6.07, 6.45) is 2.39. The van der Waals surface area contributed by atoms with Crippen molar-refractivity contribution in [3.05, 3.63) is 29.8 Å². The first-order valence-electron chi connectivity index (χ1n) is 7.33. The first kappa shape index (κ1) is 14.9. The largest absolute Gasteiger partial charge is 0.491 e. The van der Waals surface area contributed by atoms with E-state index >= 15 is 0 Å². The number of benzene rings is 1. The molecule has 0 spiro atoms. The summed E-state index contributed by atoms with van der Waals surface area (Å²) in [5.74, 6) is 1.00. The van der Waals surface area contributed by atoms with Crippen LogP contribution in [0.15, 0.2) is 24.3 Å². The van der Waals surface area contributed by atoms with E-state index in [9.17, 15) is 4.79 Å². The molecule has 0 aliphatic carbocycles. The molecule has 1 aromatic carbocycles. The molecule has 0 aromatic heterocycles. The maximum atomic E-state index is 12.3. The molecule has 20 heavy (non-hydrogen) atoms. The molecule has 1 aliphatic rings. The summed E-state index contributed by atoms with van der Waals surface area (Å²) in [5.41, 5.74) is 6.86. The topological polar surface area (TPSA) is 55.6 Å². The highest BCUT2D eigenvalue weighted by Crippen LogP contribution is 2.17. The van der Waals surface area contributed by atoms with Crippen molar-refractivity contribution in [3.63, 3.8) is 0 Å². The second-order valence-electron chi connectivity index (χ2n) is 5.71. The Labute approximate surface area is 120 Å². The fourth-order valence-corrected chi connectivity index (χ4v) is 2.44. The highest BCUT2D eigenvalue weighted by atomic mass is 16.5. The van der Waals surface area contributed by atoms with Gasteiger partial charge in [0.2, 0.25) is 5.91 Å². The molecule has 1 heterocycles. The van der Waals surface area contributed by atoms with Crippen LogP contribution in [0.3, 0.4) is 0 Å². The predicted molar refractivity (Wildman–Crippen MR) is 79.7 cm³/mol. The molecule has 1 saturated heterocycles. The molecule has 4 heteroatoms. The summed E-state index contributed by atoms with van der Waals surface area (Å²) in [4.78, 5) is 14.2. The minimum absolute atomic E-state index is 0.143. The number of nitrogens with zero attached hydrogens (tertiary/aromatic N) is 1. The van der Waals surface area contributed by atoms with Crippen LogP contribution >= 0.6 is 0 Å². The number of hydrogen-bond donors (Lipinski definition) is 1. The van der Waals surface area contributed by atoms with Crippen LogP contribution in [0.25, 0.3) is 0 Å². The van der Waals surface area contributed by atoms with Crippen molar-refractivity contribution in [2.24, 2.45) is 5.73 Å². The van der Waals surface area contributed by atoms with Crippen molar-refractivity contribution in [2.75, 3.05) is 13.1 Å². The summed E-state index contributed by atoms with van der Waals surface area (Å²) < 4.78 is 5.65. The Morgan fingerprint density at radius 1 is 1.40 bits per heavy atom. The van der Waals surface area contributed by atoms with E-state index in [1.54, 1.807) is 0 Å². The molecule has 4 nitrogen and oxygen atoms in total. The summed E-state index contributed by atoms with van der Waals surface area (Å²) in [6, 6.07) is 8.04. The van der Waals surface area contributed by atoms with E-state index in [0.717, 1.165) is 37.2 Å². The number of hydrogen-bond acceptors (Lipinski definition) is 3. The van der Waals surface area contributed by atoms with Gasteiger partial charge in [0.15, 0.2) is 0 Å². The molecular formula is C16H24N2O2. The van der Waals surface area contributed by atoms with E-state index in [1.807, 2.05) is 43.0 Å². The van der Waals surface area contributed by atoms with Crippen molar-refractivity contribution in [2.45, 2.75) is 45.3 Å². The van der Waals surface area contributed by atoms with Gasteiger partial charge in [-0.3, -0.25) is 4.79 Å². The number of amides is 1. The van der Waals surface area contributed by atoms with Crippen LogP contribution in [0.5, 0.6) is 5.75 Å². The number of carbonyl (C=O) groups excluding carboxylic acids is 1. The van der Waals surface area contributed by atoms with Gasteiger partial charge in [0.1, 0.15) is 5.75 Å². The van der Waals surface area contributed by atoms with Gasteiger partial charge >= 0.3 is 0 Å². The average molecular weight is 276 g/mol. The molecular weight excluding hydrogens is 252 g/mol. The average Bonchev–Trinajstić information content (AvgIpc) is 2.39. The second-order valence-corrected chi connectivity index (χ2v) is 5.71. The Hall–Kier alpha value is -1.55. The lowest BCUT2D eigenvalue weighted by Crippen LogP contribution is -2.43. The van der Waals surface area contributed by atoms with Gasteiger partial charge in [-0.2, -0.15) is 0 Å². The van der Waals surface area contributed by atoms with Crippen molar-refractivity contribution < 1.29 is 9.53 Å². The molecule has 0 unspecified atom stereocenters. The zero-order valence-electron chi connectivity index (χ0n) is 12.3. The Bertz CT molecular complexity index is 452. The predicted octanol–water partition coefficient (Wildman–Crippen LogP) is 1.97. The third-order valence-corrected chi connectivity index (χ3v) is 3.52. The molecule has 110 valence electrons. The second kappa shape index (κ2) is 6.75. The smallest absolute Gasteiger partial charge is 0.226 e. The third kappa shape index (κ3) is 4.23. The fourth-order valence-electron chi connectivity index (χ4n) is 2.44. The van der Waals surface area contributed by atoms with Crippen LogP contribution < -0.4 is 10.5 Å². The summed E-state index contributed by atoms with van der Waals surface area (Å²) in [6.45, 7) is 5.55. The minimum Gasteiger partial charge on any atom is -0.491 e. The number of piperidine rings is 1. The van der Waals surface area contributed by atoms with E-state index in [-0.39, 0.29) is 18.1 Å². The number of ether oxygens (including phenoxy) is 1. The minimum atomic E-state index is 0.143. The maximum absolute atomic E-state index is 12.3. The molecule has 1 aromatic rings. The van der Waals surface area contributed by atoms with E-state index in [1.165, 1.54) is 0 Å². The van der Waals surface area contributed by atoms with Crippen molar-refractivity contribution in [1.29, 1.82) is 0 Å². The molecule has 0 atom stereocenters. The van der Waals surface area contributed by atoms with Crippen LogP contribution in [0, 0.1) is 0 Å². The van der Waals surface area contributed by atoms with Gasteiger partial charge in [-0.25, -0.2) is 0 Å². The standard InChI is InChI=1S/C16H24N2O2/c1-12(2)20-15-5-3-4-13(10-15)11-16(19)18-8-6-14(17)7-9-18/h3-5,10,12,14H,6-9,11,17H2,1-2H3. The van der Waals surface area contributed by atoms with E-state index < -0.39 is 0 Å². The monoisotopic (exact) mass is 276 g/mol. The van der Waals surface area contributed by atoms with Crippen LogP contribution in [0.4, 0.5) is 0 Å². The Balaban J connectivity index is 1.93. The van der Waals surface area contributed by atoms with E-state index in [2.05, 4.69) is 0 Å². The summed E-state index contributed by atoms with van der Waals surface area (Å²) in [7, 11) is 0. The van der Waals surface area contributed by atoms with Crippen molar-refractivity contribution in [1.82, 2.24) is 4.90 Å². The quantitative estimate of drug-likeness (QED) is 0.914. The fraction of sp³-hybridized carbons (Fsp3) is 0.562. The molecule has 1 aliphatic heterocycles. The molecule has 0 bridgehead atoms. The third-order valence-electron chi connectivity index (χ3n) is 3.52. The van der Waals surface area contributed by atoms with Gasteiger partial charge in [-0.05, 0) is 44.4 Å². The molecule has 2 rings (SSSR count). The first-order valence-corrected chi connectivity index (χ1v) is 7.33. The molecule has 0 radical (unpaired) electrons. The lowest BCUT2D eigenvalue weighted by molar-refractivity contribution is -0.131. The van der Waals surface area contributed by atoms with E-state index in [4.69, 9.17) is 10.5 Å². The number of nitrogens with two attached hydrogens (primary N) is 1. The van der Waals surface area contributed by atoms with Gasteiger partial charge in [-0.1, -0.05) is 12.1 Å². The Morgan fingerprint density at radius 2 is 2.10 bits per heavy atom. The van der Waals surface area contributed by atoms with Gasteiger partial charge in [0.05, 0.1) is 12.5 Å². The van der Waals surface area contributed by atoms with Crippen molar-refractivity contribution >= 4 is 5.91 Å². The van der Waals surface area contributed by atoms with Gasteiger partial charge in [0, 0.05) is 19.1 Å². The molecule has 1 fully saturated rings. The SMILES string of the molecule is CC(C)Oc1cccc(CC(=O)N2CCC(N)CC2)c1. The normalized spacial score (nSPS) is 16.5. The zero-order valence-corrected chi connectivity index (χ0v) is 12.3. The van der Waals surface area contributed by atoms with Crippen LogP contribution in [0.2, 0.25) is 0 Å². The number of carbonyl (C=O) groups is 1. The molecule has 1 amide bonds. The van der Waals surface area contributed by atoms with Crippen LogP contribution in [-0.2, 0) is 11.2 Å². The van der Waals surface area contributed by atoms with Crippen LogP contribution in [0.1, 0.15) is 32.3 Å². The lowest BCUT2D eigenvalue weighted by Gasteiger charge is -2.30. The maximum Gasteiger partial charge on any atom is 0.226 e. The van der Waals surface area contributed by atoms with Crippen LogP contribution in [-0.4, -0.2) is 36.0 Å². The summed E-state index contributed by atoms with van der Waals surface area (Å²) >= 11 is 0. The lowest BCUT2D eigenvalue weighted by atomic mass is 10.0. The van der Waals surface area contributed by atoms with Gasteiger partial charge in [0.25, 0.3) is 0 Å². The number of likely N-dealkylation sites (tertiary alicyclic amines) is 1. The first-order chi connectivity index (χ1) is 9.54. The van der Waals surface area contributed by atoms with Gasteiger partial charge in [-0.15, -0.1) is 0 Å².